The number of benzene rings is 1. The fraction of sp³-hybridized carbons (Fsp3) is 0.333. The Morgan fingerprint density at radius 3 is 2.71 bits per heavy atom. The van der Waals surface area contributed by atoms with Gasteiger partial charge in [0.05, 0.1) is 17.6 Å². The summed E-state index contributed by atoms with van der Waals surface area (Å²) in [4.78, 5) is 38.2. The molecule has 0 saturated carbocycles. The van der Waals surface area contributed by atoms with Gasteiger partial charge < -0.3 is 25.6 Å². The normalized spacial score (nSPS) is 14.0. The molecule has 0 aliphatic carbocycles. The molecular formula is C21H24N6O3S. The Morgan fingerprint density at radius 2 is 2.00 bits per heavy atom. The average molecular weight is 441 g/mol. The summed E-state index contributed by atoms with van der Waals surface area (Å²) in [6.07, 6.45) is 0. The molecule has 1 fully saturated rings. The predicted molar refractivity (Wildman–Crippen MR) is 122 cm³/mol. The highest BCUT2D eigenvalue weighted by Gasteiger charge is 2.27. The third kappa shape index (κ3) is 4.38. The lowest BCUT2D eigenvalue weighted by Crippen LogP contribution is -2.50. The number of nitrogens with zero attached hydrogens (tertiary/aromatic N) is 4. The Hall–Kier alpha value is -3.40. The van der Waals surface area contributed by atoms with Gasteiger partial charge in [-0.3, -0.25) is 0 Å². The monoisotopic (exact) mass is 440 g/mol. The lowest BCUT2D eigenvalue weighted by molar-refractivity contribution is 0.0529. The van der Waals surface area contributed by atoms with E-state index in [0.717, 1.165) is 11.3 Å². The second-order valence-corrected chi connectivity index (χ2v) is 8.09. The smallest absolute Gasteiger partial charge is 0.339 e. The van der Waals surface area contributed by atoms with Crippen molar-refractivity contribution in [2.24, 2.45) is 0 Å². The van der Waals surface area contributed by atoms with Crippen LogP contribution in [-0.4, -0.2) is 59.7 Å². The van der Waals surface area contributed by atoms with Gasteiger partial charge in [0.15, 0.2) is 0 Å². The maximum Gasteiger partial charge on any atom is 0.339 e. The molecule has 3 N–H and O–H groups in total. The van der Waals surface area contributed by atoms with Gasteiger partial charge in [-0.25, -0.2) is 14.6 Å². The molecule has 3 aromatic rings. The molecule has 9 nitrogen and oxygen atoms in total. The Bertz CT molecular complexity index is 1120. The Labute approximate surface area is 183 Å². The molecule has 1 aliphatic rings. The Kier molecular flexibility index (Phi) is 5.90. The van der Waals surface area contributed by atoms with Gasteiger partial charge in [-0.1, -0.05) is 12.1 Å². The van der Waals surface area contributed by atoms with E-state index >= 15 is 0 Å². The molecule has 0 radical (unpaired) electrons. The van der Waals surface area contributed by atoms with Gasteiger partial charge in [0.2, 0.25) is 5.95 Å². The zero-order valence-electron chi connectivity index (χ0n) is 17.4. The summed E-state index contributed by atoms with van der Waals surface area (Å²) in [5, 5.41) is 5.32. The number of hydrogen-bond donors (Lipinski definition) is 2. The van der Waals surface area contributed by atoms with E-state index in [1.165, 1.54) is 11.3 Å². The molecule has 0 atom stereocenters. The van der Waals surface area contributed by atoms with Crippen LogP contribution in [0.3, 0.4) is 0 Å². The largest absolute Gasteiger partial charge is 0.462 e. The summed E-state index contributed by atoms with van der Waals surface area (Å²) < 4.78 is 5.18. The minimum Gasteiger partial charge on any atom is -0.462 e. The highest BCUT2D eigenvalue weighted by molar-refractivity contribution is 7.17. The lowest BCUT2D eigenvalue weighted by Gasteiger charge is -2.35. The van der Waals surface area contributed by atoms with Crippen molar-refractivity contribution in [2.75, 3.05) is 48.7 Å². The van der Waals surface area contributed by atoms with Crippen molar-refractivity contribution in [2.45, 2.75) is 13.8 Å². The number of aryl methyl sites for hydroxylation is 1. The summed E-state index contributed by atoms with van der Waals surface area (Å²) in [5.74, 6) is 0.351. The first-order valence-electron chi connectivity index (χ1n) is 10.1. The summed E-state index contributed by atoms with van der Waals surface area (Å²) in [6, 6.07) is 7.56. The molecule has 162 valence electrons. The number of thiophene rings is 1. The van der Waals surface area contributed by atoms with Crippen molar-refractivity contribution in [3.63, 3.8) is 0 Å². The highest BCUT2D eigenvalue weighted by atomic mass is 32.1. The maximum absolute atomic E-state index is 12.7. The van der Waals surface area contributed by atoms with E-state index in [9.17, 15) is 9.59 Å². The fourth-order valence-corrected chi connectivity index (χ4v) is 4.48. The molecule has 1 aliphatic heterocycles. The minimum absolute atomic E-state index is 0.139. The predicted octanol–water partition coefficient (Wildman–Crippen LogP) is 3.11. The molecule has 0 bridgehead atoms. The van der Waals surface area contributed by atoms with Gasteiger partial charge in [-0.2, -0.15) is 4.98 Å². The van der Waals surface area contributed by atoms with Gasteiger partial charge in [-0.05, 0) is 31.5 Å². The van der Waals surface area contributed by atoms with Gasteiger partial charge in [0.25, 0.3) is 0 Å². The summed E-state index contributed by atoms with van der Waals surface area (Å²) in [5.41, 5.74) is 8.21. The van der Waals surface area contributed by atoms with Crippen LogP contribution in [0.4, 0.5) is 22.2 Å². The van der Waals surface area contributed by atoms with Crippen molar-refractivity contribution in [3.8, 4) is 0 Å². The average Bonchev–Trinajstić information content (AvgIpc) is 3.17. The molecule has 10 heteroatoms. The van der Waals surface area contributed by atoms with Crippen molar-refractivity contribution in [1.29, 1.82) is 0 Å². The standard InChI is InChI=1S/C21H24N6O3S/c1-3-30-19(28)15-12-31-18-16(15)17(24-20(22)25-18)26-7-9-27(10-8-26)21(29)23-14-6-4-5-13(2)11-14/h4-6,11-12H,3,7-10H2,1-2H3,(H,23,29)(H2,22,24,25). The van der Waals surface area contributed by atoms with Gasteiger partial charge in [-0.15, -0.1) is 11.3 Å². The molecule has 1 aromatic carbocycles. The van der Waals surface area contributed by atoms with Crippen LogP contribution >= 0.6 is 11.3 Å². The Morgan fingerprint density at radius 1 is 1.23 bits per heavy atom. The van der Waals surface area contributed by atoms with Crippen LogP contribution < -0.4 is 16.0 Å². The van der Waals surface area contributed by atoms with Crippen molar-refractivity contribution in [1.82, 2.24) is 14.9 Å². The number of fused-ring (bicyclic) bond motifs is 1. The number of amides is 2. The number of carbonyl (C=O) groups is 2. The number of hydrogen-bond acceptors (Lipinski definition) is 8. The van der Waals surface area contributed by atoms with E-state index in [2.05, 4.69) is 15.3 Å². The quantitative estimate of drug-likeness (QED) is 0.599. The summed E-state index contributed by atoms with van der Waals surface area (Å²) in [7, 11) is 0. The first kappa shape index (κ1) is 20.9. The van der Waals surface area contributed by atoms with Gasteiger partial charge >= 0.3 is 12.0 Å². The Balaban J connectivity index is 1.51. The molecule has 2 amide bonds. The van der Waals surface area contributed by atoms with Crippen LogP contribution in [0.25, 0.3) is 10.2 Å². The first-order chi connectivity index (χ1) is 15.0. The highest BCUT2D eigenvalue weighted by Crippen LogP contribution is 2.33. The van der Waals surface area contributed by atoms with Crippen LogP contribution in [0, 0.1) is 6.92 Å². The number of urea groups is 1. The minimum atomic E-state index is -0.403. The molecule has 0 spiro atoms. The molecular weight excluding hydrogens is 416 g/mol. The number of carbonyl (C=O) groups excluding carboxylic acids is 2. The van der Waals surface area contributed by atoms with Gasteiger partial charge in [0.1, 0.15) is 10.6 Å². The molecule has 4 rings (SSSR count). The number of nitrogens with two attached hydrogens (primary N) is 1. The number of aromatic nitrogens is 2. The fourth-order valence-electron chi connectivity index (χ4n) is 3.57. The zero-order chi connectivity index (χ0) is 22.0. The number of nitrogens with one attached hydrogen (secondary N) is 1. The van der Waals surface area contributed by atoms with E-state index in [4.69, 9.17) is 10.5 Å². The number of anilines is 3. The van der Waals surface area contributed by atoms with Crippen LogP contribution in [0.5, 0.6) is 0 Å². The SMILES string of the molecule is CCOC(=O)c1csc2nc(N)nc(N3CCN(C(=O)Nc4cccc(C)c4)CC3)c12. The maximum atomic E-state index is 12.7. The van der Waals surface area contributed by atoms with Crippen molar-refractivity contribution in [3.05, 3.63) is 40.8 Å². The van der Waals surface area contributed by atoms with Crippen LogP contribution in [0.1, 0.15) is 22.8 Å². The van der Waals surface area contributed by atoms with E-state index in [-0.39, 0.29) is 18.6 Å². The number of nitrogen functional groups attached to an aromatic ring is 1. The van der Waals surface area contributed by atoms with Crippen molar-refractivity contribution < 1.29 is 14.3 Å². The van der Waals surface area contributed by atoms with Crippen LogP contribution in [-0.2, 0) is 4.74 Å². The third-order valence-corrected chi connectivity index (χ3v) is 5.94. The van der Waals surface area contributed by atoms with Crippen LogP contribution in [0.2, 0.25) is 0 Å². The second-order valence-electron chi connectivity index (χ2n) is 7.23. The van der Waals surface area contributed by atoms with E-state index in [1.807, 2.05) is 36.1 Å². The topological polar surface area (TPSA) is 114 Å². The van der Waals surface area contributed by atoms with Gasteiger partial charge in [0, 0.05) is 37.2 Å². The number of esters is 1. The molecule has 3 heterocycles. The number of piperazine rings is 1. The summed E-state index contributed by atoms with van der Waals surface area (Å²) in [6.45, 7) is 6.19. The number of rotatable bonds is 4. The zero-order valence-corrected chi connectivity index (χ0v) is 18.2. The first-order valence-corrected chi connectivity index (χ1v) is 10.9. The molecule has 31 heavy (non-hydrogen) atoms. The molecule has 0 unspecified atom stereocenters. The van der Waals surface area contributed by atoms with E-state index in [1.54, 1.807) is 17.2 Å². The van der Waals surface area contributed by atoms with E-state index in [0.29, 0.717) is 47.8 Å². The van der Waals surface area contributed by atoms with Crippen molar-refractivity contribution >= 4 is 51.0 Å². The third-order valence-electron chi connectivity index (χ3n) is 5.06. The molecule has 2 aromatic heterocycles. The van der Waals surface area contributed by atoms with E-state index < -0.39 is 5.97 Å². The second kappa shape index (κ2) is 8.76. The lowest BCUT2D eigenvalue weighted by atomic mass is 10.2. The van der Waals surface area contributed by atoms with Crippen LogP contribution in [0.15, 0.2) is 29.6 Å². The summed E-state index contributed by atoms with van der Waals surface area (Å²) >= 11 is 1.34. The molecule has 1 saturated heterocycles. The number of ether oxygens (including phenoxy) is 1.